The molecule has 1 aromatic heterocycles. The molecule has 0 bridgehead atoms. The molecule has 1 N–H and O–H groups in total. The summed E-state index contributed by atoms with van der Waals surface area (Å²) in [6.07, 6.45) is 1.00. The van der Waals surface area contributed by atoms with Crippen LogP contribution in [0, 0.1) is 6.92 Å². The first-order chi connectivity index (χ1) is 9.83. The number of nitrogens with one attached hydrogen (secondary N) is 1. The first-order valence-corrected chi connectivity index (χ1v) is 7.01. The SMILES string of the molecule is Cc1nc2c(n1-c1ccc3c(c1)OCCO3)CCNC2. The molecule has 0 fully saturated rings. The number of aromatic nitrogens is 2. The largest absolute Gasteiger partial charge is 0.486 e. The van der Waals surface area contributed by atoms with Crippen molar-refractivity contribution < 1.29 is 9.47 Å². The van der Waals surface area contributed by atoms with Crippen LogP contribution in [0.1, 0.15) is 17.2 Å². The van der Waals surface area contributed by atoms with Gasteiger partial charge in [0.05, 0.1) is 11.4 Å². The topological polar surface area (TPSA) is 48.3 Å². The van der Waals surface area contributed by atoms with Crippen molar-refractivity contribution >= 4 is 0 Å². The Morgan fingerprint density at radius 3 is 2.95 bits per heavy atom. The zero-order valence-corrected chi connectivity index (χ0v) is 11.5. The van der Waals surface area contributed by atoms with Gasteiger partial charge in [0.1, 0.15) is 19.0 Å². The molecule has 0 amide bonds. The maximum Gasteiger partial charge on any atom is 0.163 e. The summed E-state index contributed by atoms with van der Waals surface area (Å²) in [6, 6.07) is 6.10. The second kappa shape index (κ2) is 4.52. The van der Waals surface area contributed by atoms with E-state index in [-0.39, 0.29) is 0 Å². The Balaban J connectivity index is 1.83. The van der Waals surface area contributed by atoms with Crippen LogP contribution >= 0.6 is 0 Å². The fourth-order valence-corrected chi connectivity index (χ4v) is 2.96. The molecule has 0 atom stereocenters. The summed E-state index contributed by atoms with van der Waals surface area (Å²) in [4.78, 5) is 4.67. The van der Waals surface area contributed by atoms with Crippen molar-refractivity contribution in [2.24, 2.45) is 0 Å². The molecule has 5 nitrogen and oxygen atoms in total. The van der Waals surface area contributed by atoms with Crippen LogP contribution in [-0.2, 0) is 13.0 Å². The molecule has 0 unspecified atom stereocenters. The van der Waals surface area contributed by atoms with E-state index in [2.05, 4.69) is 27.9 Å². The monoisotopic (exact) mass is 271 g/mol. The summed E-state index contributed by atoms with van der Waals surface area (Å²) >= 11 is 0. The summed E-state index contributed by atoms with van der Waals surface area (Å²) in [6.45, 7) is 5.14. The van der Waals surface area contributed by atoms with Gasteiger partial charge < -0.3 is 19.4 Å². The first kappa shape index (κ1) is 11.8. The lowest BCUT2D eigenvalue weighted by Crippen LogP contribution is -2.24. The highest BCUT2D eigenvalue weighted by atomic mass is 16.6. The molecule has 2 aliphatic rings. The molecule has 4 rings (SSSR count). The Hall–Kier alpha value is -2.01. The van der Waals surface area contributed by atoms with Crippen LogP contribution in [0.5, 0.6) is 11.5 Å². The molecule has 0 aliphatic carbocycles. The summed E-state index contributed by atoms with van der Waals surface area (Å²) in [7, 11) is 0. The Morgan fingerprint density at radius 2 is 2.05 bits per heavy atom. The predicted octanol–water partition coefficient (Wildman–Crippen LogP) is 1.60. The molecule has 20 heavy (non-hydrogen) atoms. The van der Waals surface area contributed by atoms with Gasteiger partial charge in [-0.3, -0.25) is 0 Å². The quantitative estimate of drug-likeness (QED) is 0.856. The fraction of sp³-hybridized carbons (Fsp3) is 0.400. The number of hydrogen-bond acceptors (Lipinski definition) is 4. The number of rotatable bonds is 1. The molecule has 0 saturated heterocycles. The molecule has 0 spiro atoms. The van der Waals surface area contributed by atoms with Crippen molar-refractivity contribution in [3.63, 3.8) is 0 Å². The Labute approximate surface area is 117 Å². The normalized spacial score (nSPS) is 16.9. The molecule has 3 heterocycles. The van der Waals surface area contributed by atoms with Gasteiger partial charge in [-0.2, -0.15) is 0 Å². The van der Waals surface area contributed by atoms with Gasteiger partial charge in [0, 0.05) is 31.3 Å². The number of ether oxygens (including phenoxy) is 2. The van der Waals surface area contributed by atoms with Crippen LogP contribution in [0.2, 0.25) is 0 Å². The van der Waals surface area contributed by atoms with E-state index < -0.39 is 0 Å². The lowest BCUT2D eigenvalue weighted by atomic mass is 10.1. The number of benzene rings is 1. The number of nitrogens with zero attached hydrogens (tertiary/aromatic N) is 2. The van der Waals surface area contributed by atoms with Crippen LogP contribution in [0.4, 0.5) is 0 Å². The van der Waals surface area contributed by atoms with Gasteiger partial charge >= 0.3 is 0 Å². The smallest absolute Gasteiger partial charge is 0.163 e. The molecule has 2 aliphatic heterocycles. The molecule has 104 valence electrons. The zero-order valence-electron chi connectivity index (χ0n) is 11.5. The minimum absolute atomic E-state index is 0.612. The molecule has 0 saturated carbocycles. The van der Waals surface area contributed by atoms with Gasteiger partial charge in [-0.15, -0.1) is 0 Å². The third-order valence-electron chi connectivity index (χ3n) is 3.84. The number of fused-ring (bicyclic) bond motifs is 2. The molecule has 2 aromatic rings. The number of imidazole rings is 1. The summed E-state index contributed by atoms with van der Waals surface area (Å²) < 4.78 is 13.5. The Morgan fingerprint density at radius 1 is 1.20 bits per heavy atom. The molecular formula is C15H17N3O2. The second-order valence-corrected chi connectivity index (χ2v) is 5.14. The van der Waals surface area contributed by atoms with Crippen LogP contribution in [-0.4, -0.2) is 29.3 Å². The van der Waals surface area contributed by atoms with Gasteiger partial charge in [0.2, 0.25) is 0 Å². The number of hydrogen-bond donors (Lipinski definition) is 1. The predicted molar refractivity (Wildman–Crippen MR) is 74.7 cm³/mol. The van der Waals surface area contributed by atoms with E-state index in [0.717, 1.165) is 48.2 Å². The van der Waals surface area contributed by atoms with Gasteiger partial charge in [-0.25, -0.2) is 4.98 Å². The highest BCUT2D eigenvalue weighted by Crippen LogP contribution is 2.33. The second-order valence-electron chi connectivity index (χ2n) is 5.14. The van der Waals surface area contributed by atoms with Crippen molar-refractivity contribution in [1.82, 2.24) is 14.9 Å². The van der Waals surface area contributed by atoms with Crippen LogP contribution in [0.3, 0.4) is 0 Å². The molecule has 1 aromatic carbocycles. The fourth-order valence-electron chi connectivity index (χ4n) is 2.96. The van der Waals surface area contributed by atoms with Crippen LogP contribution < -0.4 is 14.8 Å². The minimum Gasteiger partial charge on any atom is -0.486 e. The number of aryl methyl sites for hydroxylation is 1. The van der Waals surface area contributed by atoms with Gasteiger partial charge in [-0.05, 0) is 19.1 Å². The first-order valence-electron chi connectivity index (χ1n) is 7.01. The van der Waals surface area contributed by atoms with E-state index in [4.69, 9.17) is 9.47 Å². The van der Waals surface area contributed by atoms with Crippen molar-refractivity contribution in [3.05, 3.63) is 35.4 Å². The third-order valence-corrected chi connectivity index (χ3v) is 3.84. The van der Waals surface area contributed by atoms with E-state index in [1.165, 1.54) is 5.69 Å². The van der Waals surface area contributed by atoms with Crippen LogP contribution in [0.15, 0.2) is 18.2 Å². The standard InChI is InChI=1S/C15H17N3O2/c1-10-17-12-9-16-5-4-13(12)18(10)11-2-3-14-15(8-11)20-7-6-19-14/h2-3,8,16H,4-7,9H2,1H3. The molecular weight excluding hydrogens is 254 g/mol. The van der Waals surface area contributed by atoms with E-state index in [0.29, 0.717) is 13.2 Å². The zero-order chi connectivity index (χ0) is 13.5. The Kier molecular flexibility index (Phi) is 2.67. The van der Waals surface area contributed by atoms with Crippen molar-refractivity contribution in [2.45, 2.75) is 19.9 Å². The van der Waals surface area contributed by atoms with Crippen LogP contribution in [0.25, 0.3) is 5.69 Å². The van der Waals surface area contributed by atoms with E-state index in [1.807, 2.05) is 12.1 Å². The summed E-state index contributed by atoms with van der Waals surface area (Å²) in [5.41, 5.74) is 3.56. The highest BCUT2D eigenvalue weighted by molar-refractivity contribution is 5.51. The van der Waals surface area contributed by atoms with E-state index >= 15 is 0 Å². The average molecular weight is 271 g/mol. The van der Waals surface area contributed by atoms with Crippen molar-refractivity contribution in [3.8, 4) is 17.2 Å². The summed E-state index contributed by atoms with van der Waals surface area (Å²) in [5.74, 6) is 2.67. The lowest BCUT2D eigenvalue weighted by molar-refractivity contribution is 0.171. The van der Waals surface area contributed by atoms with E-state index in [9.17, 15) is 0 Å². The maximum absolute atomic E-state index is 5.68. The van der Waals surface area contributed by atoms with Gasteiger partial charge in [0.15, 0.2) is 11.5 Å². The minimum atomic E-state index is 0.612. The lowest BCUT2D eigenvalue weighted by Gasteiger charge is -2.20. The molecule has 0 radical (unpaired) electrons. The average Bonchev–Trinajstić information content (AvgIpc) is 2.82. The van der Waals surface area contributed by atoms with Crippen molar-refractivity contribution in [2.75, 3.05) is 19.8 Å². The van der Waals surface area contributed by atoms with E-state index in [1.54, 1.807) is 0 Å². The maximum atomic E-state index is 5.68. The summed E-state index contributed by atoms with van der Waals surface area (Å²) in [5, 5.41) is 3.36. The molecule has 5 heteroatoms. The highest BCUT2D eigenvalue weighted by Gasteiger charge is 2.20. The third kappa shape index (κ3) is 1.78. The van der Waals surface area contributed by atoms with Gasteiger partial charge in [0.25, 0.3) is 0 Å². The van der Waals surface area contributed by atoms with Crippen molar-refractivity contribution in [1.29, 1.82) is 0 Å². The Bertz CT molecular complexity index is 663. The van der Waals surface area contributed by atoms with Gasteiger partial charge in [-0.1, -0.05) is 0 Å².